The van der Waals surface area contributed by atoms with E-state index in [0.717, 1.165) is 0 Å². The van der Waals surface area contributed by atoms with Crippen molar-refractivity contribution < 1.29 is 21.8 Å². The Morgan fingerprint density at radius 3 is 1.94 bits per heavy atom. The molecule has 1 N–H and O–H groups in total. The molecule has 0 aromatic heterocycles. The van der Waals surface area contributed by atoms with E-state index in [2.05, 4.69) is 18.1 Å². The van der Waals surface area contributed by atoms with Crippen molar-refractivity contribution in [2.45, 2.75) is 26.2 Å². The summed E-state index contributed by atoms with van der Waals surface area (Å²) < 4.78 is 59.6. The maximum atomic E-state index is 9.93. The van der Waals surface area contributed by atoms with Gasteiger partial charge in [-0.1, -0.05) is 13.3 Å². The second-order valence-corrected chi connectivity index (χ2v) is 9.05. The topological polar surface area (TPSA) is 16.8 Å². The molecule has 0 amide bonds. The number of halogens is 6. The van der Waals surface area contributed by atoms with E-state index in [1.54, 1.807) is 0 Å². The molecule has 9 heteroatoms. The minimum absolute atomic E-state index is 1.20. The van der Waals surface area contributed by atoms with Crippen LogP contribution in [0.15, 0.2) is 17.4 Å². The van der Waals surface area contributed by atoms with Crippen LogP contribution in [0.5, 0.6) is 0 Å². The predicted octanol–water partition coefficient (Wildman–Crippen LogP) is 2.72. The first-order valence-corrected chi connectivity index (χ1v) is 10.8. The van der Waals surface area contributed by atoms with Crippen molar-refractivity contribution in [3.8, 4) is 0 Å². The molecule has 1 rings (SSSR count). The Labute approximate surface area is 97.9 Å². The van der Waals surface area contributed by atoms with Crippen LogP contribution in [0.2, 0.25) is 0 Å². The number of hydrogen-bond acceptors (Lipinski definition) is 1. The van der Waals surface area contributed by atoms with E-state index in [1.807, 2.05) is 12.5 Å². The van der Waals surface area contributed by atoms with Crippen LogP contribution in [0.4, 0.5) is 16.9 Å². The van der Waals surface area contributed by atoms with E-state index in [1.165, 1.54) is 30.7 Å². The third kappa shape index (κ3) is 21.6. The molecule has 0 saturated carbocycles. The molecule has 0 saturated heterocycles. The maximum absolute atomic E-state index is 11.2. The molecule has 0 spiro atoms. The summed E-state index contributed by atoms with van der Waals surface area (Å²) in [5, 5.41) is 0. The Balaban J connectivity index is 0.000000325. The summed E-state index contributed by atoms with van der Waals surface area (Å²) in [6.45, 7) is 3.43. The second-order valence-electron chi connectivity index (χ2n) is 3.58. The summed E-state index contributed by atoms with van der Waals surface area (Å²) in [5.74, 6) is 0. The zero-order valence-electron chi connectivity index (χ0n) is 9.22. The molecule has 0 radical (unpaired) electrons. The SMILES string of the molecule is CCCCC[NH+]1C=CN=C1.[F][Sb-]([F])([F])([F])([F])[F]. The van der Waals surface area contributed by atoms with Crippen LogP contribution in [0.3, 0.4) is 0 Å². The monoisotopic (exact) mass is 374 g/mol. The Bertz CT molecular complexity index is 269. The molecule has 1 atom stereocenters. The van der Waals surface area contributed by atoms with Crippen LogP contribution >= 0.6 is 0 Å². The van der Waals surface area contributed by atoms with Crippen LogP contribution < -0.4 is 4.90 Å². The van der Waals surface area contributed by atoms with Gasteiger partial charge in [0, 0.05) is 0 Å². The van der Waals surface area contributed by atoms with Gasteiger partial charge in [-0.05, 0) is 12.8 Å². The first-order chi connectivity index (χ1) is 7.38. The Morgan fingerprint density at radius 1 is 1.06 bits per heavy atom. The van der Waals surface area contributed by atoms with Crippen molar-refractivity contribution in [3.63, 3.8) is 0 Å². The van der Waals surface area contributed by atoms with Crippen LogP contribution in [-0.4, -0.2) is 32.4 Å². The first-order valence-electron chi connectivity index (χ1n) is 5.00. The van der Waals surface area contributed by atoms with Crippen molar-refractivity contribution in [1.29, 1.82) is 0 Å². The summed E-state index contributed by atoms with van der Waals surface area (Å²) in [4.78, 5) is 5.38. The van der Waals surface area contributed by atoms with E-state index < -0.39 is 19.5 Å². The first kappa shape index (κ1) is 16.8. The van der Waals surface area contributed by atoms with Crippen molar-refractivity contribution in [3.05, 3.63) is 12.4 Å². The van der Waals surface area contributed by atoms with Gasteiger partial charge in [-0.2, -0.15) is 0 Å². The average Bonchev–Trinajstić information content (AvgIpc) is 2.51. The third-order valence-electron chi connectivity index (χ3n) is 1.68. The van der Waals surface area contributed by atoms with Crippen LogP contribution in [0.1, 0.15) is 26.2 Å². The van der Waals surface area contributed by atoms with E-state index in [0.29, 0.717) is 0 Å². The van der Waals surface area contributed by atoms with E-state index in [9.17, 15) is 16.9 Å². The molecule has 0 bridgehead atoms. The molecule has 17 heavy (non-hydrogen) atoms. The van der Waals surface area contributed by atoms with Gasteiger partial charge in [0.2, 0.25) is 0 Å². The van der Waals surface area contributed by atoms with Gasteiger partial charge < -0.3 is 0 Å². The van der Waals surface area contributed by atoms with Crippen molar-refractivity contribution >= 4 is 25.8 Å². The molecule has 0 fully saturated rings. The molecule has 2 nitrogen and oxygen atoms in total. The number of nitrogens with zero attached hydrogens (tertiary/aromatic N) is 1. The predicted molar refractivity (Wildman–Crippen MR) is 55.4 cm³/mol. The fraction of sp³-hybridized carbons (Fsp3) is 0.625. The van der Waals surface area contributed by atoms with Crippen LogP contribution in [0.25, 0.3) is 0 Å². The van der Waals surface area contributed by atoms with Crippen molar-refractivity contribution in [2.75, 3.05) is 6.54 Å². The molecule has 1 heterocycles. The molecular weight excluding hydrogens is 360 g/mol. The van der Waals surface area contributed by atoms with Gasteiger partial charge in [-0.3, -0.25) is 4.90 Å². The van der Waals surface area contributed by atoms with Gasteiger partial charge in [-0.15, -0.1) is 0 Å². The summed E-state index contributed by atoms with van der Waals surface area (Å²) >= 11 is -11.2. The standard InChI is InChI=1S/C8H14N2.6FH.Sb/c1-2-3-4-6-10-7-5-9-8-10;;;;;;;/h5,7-8H,2-4,6H2,1H3;6*1H;/q;;;;;;;+5/p-5. The van der Waals surface area contributed by atoms with Gasteiger partial charge in [0.1, 0.15) is 6.20 Å². The van der Waals surface area contributed by atoms with Gasteiger partial charge in [0.25, 0.3) is 0 Å². The zero-order valence-corrected chi connectivity index (χ0v) is 11.8. The number of rotatable bonds is 4. The zero-order chi connectivity index (χ0) is 13.6. The molecule has 1 aliphatic heterocycles. The van der Waals surface area contributed by atoms with Crippen molar-refractivity contribution in [2.24, 2.45) is 4.99 Å². The van der Waals surface area contributed by atoms with Gasteiger partial charge in [0.05, 0.1) is 12.7 Å². The third-order valence-corrected chi connectivity index (χ3v) is 1.68. The molecule has 1 aliphatic rings. The Morgan fingerprint density at radius 2 is 1.59 bits per heavy atom. The molecule has 0 aromatic rings. The number of quaternary nitrogens is 1. The molecule has 0 aromatic carbocycles. The van der Waals surface area contributed by atoms with Gasteiger partial charge >= 0.3 is 36.4 Å². The average molecular weight is 375 g/mol. The van der Waals surface area contributed by atoms with Crippen LogP contribution in [-0.2, 0) is 0 Å². The Hall–Kier alpha value is -0.232. The normalized spacial score (nSPS) is 22.6. The van der Waals surface area contributed by atoms with Crippen LogP contribution in [0, 0.1) is 0 Å². The number of hydrogen-bond donors (Lipinski definition) is 1. The van der Waals surface area contributed by atoms with Gasteiger partial charge in [0.15, 0.2) is 6.34 Å². The molecule has 0 aliphatic carbocycles. The number of nitrogens with one attached hydrogen (secondary N) is 1. The number of aliphatic imine (C=N–C) groups is 1. The second kappa shape index (κ2) is 5.18. The van der Waals surface area contributed by atoms with Gasteiger partial charge in [-0.25, -0.2) is 4.99 Å². The van der Waals surface area contributed by atoms with E-state index in [-0.39, 0.29) is 0 Å². The quantitative estimate of drug-likeness (QED) is 0.442. The minimum atomic E-state index is -11.2. The Kier molecular flexibility index (Phi) is 5.11. The van der Waals surface area contributed by atoms with Crippen molar-refractivity contribution in [1.82, 2.24) is 0 Å². The summed E-state index contributed by atoms with van der Waals surface area (Å²) in [6, 6.07) is 0. The summed E-state index contributed by atoms with van der Waals surface area (Å²) in [6.07, 6.45) is 9.86. The summed E-state index contributed by atoms with van der Waals surface area (Å²) in [5.41, 5.74) is 0. The molecular formula is C8H15F6N2Sb. The number of unbranched alkanes of at least 4 members (excludes halogenated alkanes) is 2. The summed E-state index contributed by atoms with van der Waals surface area (Å²) in [7, 11) is 0. The fourth-order valence-corrected chi connectivity index (χ4v) is 1.05. The fourth-order valence-electron chi connectivity index (χ4n) is 1.05. The van der Waals surface area contributed by atoms with E-state index >= 15 is 0 Å². The molecule has 104 valence electrons. The molecule has 1 unspecified atom stereocenters. The van der Waals surface area contributed by atoms with E-state index in [4.69, 9.17) is 0 Å².